The van der Waals surface area contributed by atoms with Crippen LogP contribution >= 0.6 is 11.3 Å². The Hall–Kier alpha value is -2.21. The zero-order valence-corrected chi connectivity index (χ0v) is 24.2. The first-order valence-corrected chi connectivity index (χ1v) is 15.1. The Labute approximate surface area is 224 Å². The molecule has 0 aliphatic heterocycles. The molecule has 1 saturated carbocycles. The number of ether oxygens (including phenoxy) is 2. The number of nitrogens with zero attached hydrogens (tertiary/aromatic N) is 1. The van der Waals surface area contributed by atoms with Gasteiger partial charge in [-0.2, -0.15) is 0 Å². The number of benzene rings is 1. The van der Waals surface area contributed by atoms with E-state index in [0.717, 1.165) is 35.6 Å². The van der Waals surface area contributed by atoms with Crippen molar-refractivity contribution in [3.63, 3.8) is 0 Å². The lowest BCUT2D eigenvalue weighted by Crippen LogP contribution is -2.40. The van der Waals surface area contributed by atoms with E-state index in [0.29, 0.717) is 24.5 Å². The van der Waals surface area contributed by atoms with Crippen LogP contribution in [0.2, 0.25) is 0 Å². The first kappa shape index (κ1) is 29.3. The Morgan fingerprint density at radius 1 is 1.19 bits per heavy atom. The maximum atomic E-state index is 13.4. The van der Waals surface area contributed by atoms with Crippen molar-refractivity contribution in [3.8, 4) is 16.2 Å². The van der Waals surface area contributed by atoms with Gasteiger partial charge in [0.15, 0.2) is 0 Å². The Morgan fingerprint density at radius 3 is 2.51 bits per heavy atom. The van der Waals surface area contributed by atoms with Crippen LogP contribution in [-0.4, -0.2) is 57.4 Å². The molecule has 1 amide bonds. The summed E-state index contributed by atoms with van der Waals surface area (Å²) in [4.78, 5) is 17.6. The highest BCUT2D eigenvalue weighted by molar-refractivity contribution is 7.89. The summed E-state index contributed by atoms with van der Waals surface area (Å²) in [6.07, 6.45) is 4.74. The molecular weight excluding hydrogens is 512 g/mol. The van der Waals surface area contributed by atoms with Gasteiger partial charge in [0.1, 0.15) is 12.4 Å². The van der Waals surface area contributed by atoms with E-state index >= 15 is 0 Å². The fourth-order valence-electron chi connectivity index (χ4n) is 4.25. The molecule has 0 atom stereocenters. The summed E-state index contributed by atoms with van der Waals surface area (Å²) in [6.45, 7) is 10.2. The second-order valence-electron chi connectivity index (χ2n) is 10.7. The van der Waals surface area contributed by atoms with Crippen LogP contribution in [0.4, 0.5) is 4.79 Å². The van der Waals surface area contributed by atoms with Crippen LogP contribution in [0.5, 0.6) is 5.75 Å². The molecule has 11 heteroatoms. The van der Waals surface area contributed by atoms with Gasteiger partial charge in [-0.25, -0.2) is 22.9 Å². The van der Waals surface area contributed by atoms with Gasteiger partial charge in [-0.1, -0.05) is 0 Å². The molecule has 0 bridgehead atoms. The Balaban J connectivity index is 1.79. The number of carbonyl (C=O) groups excluding carboxylic acids is 1. The normalized spacial score (nSPS) is 18.6. The predicted octanol–water partition coefficient (Wildman–Crippen LogP) is 4.65. The fourth-order valence-corrected chi connectivity index (χ4v) is 7.09. The van der Waals surface area contributed by atoms with Gasteiger partial charge in [0.2, 0.25) is 10.0 Å². The molecule has 1 fully saturated rings. The Bertz CT molecular complexity index is 1150. The minimum atomic E-state index is -3.81. The van der Waals surface area contributed by atoms with Crippen LogP contribution in [0.3, 0.4) is 0 Å². The van der Waals surface area contributed by atoms with Crippen LogP contribution in [-0.2, 0) is 14.8 Å². The van der Waals surface area contributed by atoms with Crippen molar-refractivity contribution in [2.75, 3.05) is 20.2 Å². The zero-order valence-electron chi connectivity index (χ0n) is 22.6. The Morgan fingerprint density at radius 2 is 1.89 bits per heavy atom. The predicted molar refractivity (Wildman–Crippen MR) is 147 cm³/mol. The van der Waals surface area contributed by atoms with Crippen molar-refractivity contribution in [2.45, 2.75) is 88.8 Å². The van der Waals surface area contributed by atoms with Crippen molar-refractivity contribution < 1.29 is 22.7 Å². The molecule has 0 saturated heterocycles. The molecule has 2 aromatic rings. The van der Waals surface area contributed by atoms with E-state index < -0.39 is 15.6 Å². The van der Waals surface area contributed by atoms with Crippen LogP contribution in [0.25, 0.3) is 10.4 Å². The van der Waals surface area contributed by atoms with Crippen molar-refractivity contribution in [3.05, 3.63) is 29.4 Å². The van der Waals surface area contributed by atoms with E-state index in [1.807, 2.05) is 41.7 Å². The molecule has 1 aromatic heterocycles. The third-order valence-electron chi connectivity index (χ3n) is 5.83. The molecule has 1 aliphatic rings. The van der Waals surface area contributed by atoms with Crippen molar-refractivity contribution in [2.24, 2.45) is 0 Å². The highest BCUT2D eigenvalue weighted by atomic mass is 32.2. The number of hydrogen-bond acceptors (Lipinski definition) is 8. The van der Waals surface area contributed by atoms with Gasteiger partial charge in [0.05, 0.1) is 20.9 Å². The molecule has 1 heterocycles. The molecule has 1 aromatic carbocycles. The maximum absolute atomic E-state index is 13.4. The lowest BCUT2D eigenvalue weighted by molar-refractivity contribution is 0.109. The quantitative estimate of drug-likeness (QED) is 0.367. The zero-order chi connectivity index (χ0) is 27.2. The summed E-state index contributed by atoms with van der Waals surface area (Å²) < 4.78 is 40.5. The van der Waals surface area contributed by atoms with Gasteiger partial charge < -0.3 is 20.1 Å². The first-order valence-electron chi connectivity index (χ1n) is 12.8. The van der Waals surface area contributed by atoms with E-state index in [9.17, 15) is 13.2 Å². The summed E-state index contributed by atoms with van der Waals surface area (Å²) >= 11 is 1.53. The monoisotopic (exact) mass is 552 g/mol. The number of alkyl carbamates (subject to hydrolysis) is 1. The summed E-state index contributed by atoms with van der Waals surface area (Å²) in [5.41, 5.74) is -0.0279. The van der Waals surface area contributed by atoms with Gasteiger partial charge in [-0.15, -0.1) is 11.3 Å². The molecule has 0 radical (unpaired) electrons. The minimum Gasteiger partial charge on any atom is -0.492 e. The number of hydrogen-bond donors (Lipinski definition) is 3. The van der Waals surface area contributed by atoms with Gasteiger partial charge in [-0.3, -0.25) is 0 Å². The molecular formula is C26H40N4O5S2. The number of aromatic nitrogens is 1. The number of likely N-dealkylation sites (N-methyl/N-ethyl adjacent to an activating group) is 1. The van der Waals surface area contributed by atoms with Crippen LogP contribution in [0, 0.1) is 0 Å². The van der Waals surface area contributed by atoms with Gasteiger partial charge in [-0.05, 0) is 79.5 Å². The largest absolute Gasteiger partial charge is 0.492 e. The number of rotatable bonds is 10. The lowest BCUT2D eigenvalue weighted by atomic mass is 9.86. The summed E-state index contributed by atoms with van der Waals surface area (Å²) in [6, 6.07) is 5.28. The second-order valence-corrected chi connectivity index (χ2v) is 13.4. The minimum absolute atomic E-state index is 0.0950. The van der Waals surface area contributed by atoms with Crippen molar-refractivity contribution >= 4 is 27.5 Å². The smallest absolute Gasteiger partial charge is 0.407 e. The van der Waals surface area contributed by atoms with E-state index in [-0.39, 0.29) is 29.1 Å². The highest BCUT2D eigenvalue weighted by Gasteiger charge is 2.29. The average Bonchev–Trinajstić information content (AvgIpc) is 3.28. The van der Waals surface area contributed by atoms with Crippen LogP contribution in [0.15, 0.2) is 29.3 Å². The van der Waals surface area contributed by atoms with Crippen LogP contribution < -0.4 is 20.1 Å². The third kappa shape index (κ3) is 8.66. The summed E-state index contributed by atoms with van der Waals surface area (Å²) in [5, 5.41) is 6.95. The molecule has 9 nitrogen and oxygen atoms in total. The lowest BCUT2D eigenvalue weighted by Gasteiger charge is -2.28. The van der Waals surface area contributed by atoms with Gasteiger partial charge in [0, 0.05) is 41.9 Å². The van der Waals surface area contributed by atoms with E-state index in [1.54, 1.807) is 24.4 Å². The SMILES string of the molecule is CNCCOc1ccc(-c2cnc([C@H]3CC[C@H](NC(=O)OC(C)C)CC3)s2)c(S(=O)(=O)NC(C)(C)C)c1. The van der Waals surface area contributed by atoms with Gasteiger partial charge >= 0.3 is 6.09 Å². The third-order valence-corrected chi connectivity index (χ3v) is 8.83. The molecule has 37 heavy (non-hydrogen) atoms. The van der Waals surface area contributed by atoms with E-state index in [1.165, 1.54) is 11.3 Å². The van der Waals surface area contributed by atoms with E-state index in [4.69, 9.17) is 9.47 Å². The molecule has 0 spiro atoms. The maximum Gasteiger partial charge on any atom is 0.407 e. The van der Waals surface area contributed by atoms with Crippen LogP contribution in [0.1, 0.15) is 71.2 Å². The first-order chi connectivity index (χ1) is 17.4. The molecule has 3 rings (SSSR count). The molecule has 1 aliphatic carbocycles. The Kier molecular flexibility index (Phi) is 9.96. The van der Waals surface area contributed by atoms with Crippen molar-refractivity contribution in [1.29, 1.82) is 0 Å². The highest BCUT2D eigenvalue weighted by Crippen LogP contribution is 2.40. The molecule has 0 unspecified atom stereocenters. The van der Waals surface area contributed by atoms with Gasteiger partial charge in [0.25, 0.3) is 0 Å². The number of sulfonamides is 1. The fraction of sp³-hybridized carbons (Fsp3) is 0.615. The van der Waals surface area contributed by atoms with E-state index in [2.05, 4.69) is 20.3 Å². The summed E-state index contributed by atoms with van der Waals surface area (Å²) in [7, 11) is -1.98. The number of amides is 1. The molecule has 3 N–H and O–H groups in total. The number of thiazole rings is 1. The topological polar surface area (TPSA) is 119 Å². The average molecular weight is 553 g/mol. The van der Waals surface area contributed by atoms with Crippen molar-refractivity contribution in [1.82, 2.24) is 20.3 Å². The molecule has 206 valence electrons. The summed E-state index contributed by atoms with van der Waals surface area (Å²) in [5.74, 6) is 0.773. The number of nitrogens with one attached hydrogen (secondary N) is 3. The second kappa shape index (κ2) is 12.6. The standard InChI is InChI=1S/C26H40N4O5S2/c1-17(2)35-25(31)29-19-9-7-18(8-10-19)24-28-16-22(36-24)21-12-11-20(34-14-13-27-6)15-23(21)37(32,33)30-26(3,4)5/h11-12,15-19,27,30H,7-10,13-14H2,1-6H3,(H,29,31)/t18-,19-. The number of carbonyl (C=O) groups is 1.